The summed E-state index contributed by atoms with van der Waals surface area (Å²) in [4.78, 5) is 10.7. The Kier molecular flexibility index (Phi) is 5.07. The number of aromatic hydroxyl groups is 1. The van der Waals surface area contributed by atoms with Gasteiger partial charge in [0.1, 0.15) is 12.4 Å². The van der Waals surface area contributed by atoms with E-state index in [4.69, 9.17) is 9.47 Å². The van der Waals surface area contributed by atoms with E-state index in [0.717, 1.165) is 47.2 Å². The molecule has 1 N–H and O–H groups in total. The Labute approximate surface area is 180 Å². The number of nitrogens with zero attached hydrogens (tertiary/aromatic N) is 5. The monoisotopic (exact) mass is 419 g/mol. The molecule has 160 valence electrons. The smallest absolute Gasteiger partial charge is 0.337 e. The lowest BCUT2D eigenvalue weighted by Crippen LogP contribution is -2.31. The molecule has 8 nitrogen and oxygen atoms in total. The first-order valence-electron chi connectivity index (χ1n) is 10.5. The molecule has 5 rings (SSSR count). The third-order valence-corrected chi connectivity index (χ3v) is 6.05. The van der Waals surface area contributed by atoms with Crippen molar-refractivity contribution >= 4 is 16.4 Å². The number of likely N-dealkylation sites (tertiary alicyclic amines) is 1. The summed E-state index contributed by atoms with van der Waals surface area (Å²) in [5, 5.41) is 17.2. The molecule has 0 amide bonds. The second kappa shape index (κ2) is 8.03. The standard InChI is InChI=1S/C23H25N5O3/c1-27-11-5-7-16(27)14-31-23-25-22(29)21-24-13-17(28(21)26-23)12-19-18-8-4-3-6-15(18)9-10-20(19)30-2/h3-4,6,8-10,13,16H,5,7,11-12,14H2,1-2H3,(H,25,26,29)/t16-/m0/s1. The molecule has 8 heteroatoms. The van der Waals surface area contributed by atoms with Gasteiger partial charge in [-0.2, -0.15) is 4.98 Å². The van der Waals surface area contributed by atoms with E-state index in [-0.39, 0.29) is 11.9 Å². The first-order valence-corrected chi connectivity index (χ1v) is 10.5. The molecule has 2 aromatic carbocycles. The van der Waals surface area contributed by atoms with Crippen LogP contribution in [0.25, 0.3) is 16.4 Å². The molecule has 1 aliphatic heterocycles. The lowest BCUT2D eigenvalue weighted by Gasteiger charge is -2.18. The fourth-order valence-electron chi connectivity index (χ4n) is 4.31. The Bertz CT molecular complexity index is 1240. The molecule has 0 bridgehead atoms. The molecule has 0 saturated carbocycles. The minimum absolute atomic E-state index is 0.148. The molecular formula is C23H25N5O3. The summed E-state index contributed by atoms with van der Waals surface area (Å²) in [6.45, 7) is 1.56. The molecule has 1 atom stereocenters. The van der Waals surface area contributed by atoms with Crippen LogP contribution >= 0.6 is 0 Å². The summed E-state index contributed by atoms with van der Waals surface area (Å²) < 4.78 is 13.1. The Hall–Kier alpha value is -3.39. The highest BCUT2D eigenvalue weighted by Crippen LogP contribution is 2.31. The molecule has 3 heterocycles. The Morgan fingerprint density at radius 2 is 2.06 bits per heavy atom. The van der Waals surface area contributed by atoms with Gasteiger partial charge in [-0.15, -0.1) is 5.10 Å². The highest BCUT2D eigenvalue weighted by atomic mass is 16.5. The van der Waals surface area contributed by atoms with E-state index in [1.807, 2.05) is 24.3 Å². The van der Waals surface area contributed by atoms with E-state index >= 15 is 0 Å². The van der Waals surface area contributed by atoms with Crippen molar-refractivity contribution < 1.29 is 14.6 Å². The van der Waals surface area contributed by atoms with Gasteiger partial charge in [-0.05, 0) is 43.3 Å². The lowest BCUT2D eigenvalue weighted by molar-refractivity contribution is 0.184. The maximum Gasteiger partial charge on any atom is 0.337 e. The summed E-state index contributed by atoms with van der Waals surface area (Å²) in [6.07, 6.45) is 4.49. The first kappa shape index (κ1) is 19.6. The van der Waals surface area contributed by atoms with Gasteiger partial charge >= 0.3 is 6.01 Å². The third-order valence-electron chi connectivity index (χ3n) is 6.05. The molecule has 0 aliphatic carbocycles. The van der Waals surface area contributed by atoms with Gasteiger partial charge in [-0.25, -0.2) is 9.50 Å². The van der Waals surface area contributed by atoms with E-state index < -0.39 is 0 Å². The minimum atomic E-state index is -0.194. The normalized spacial score (nSPS) is 16.9. The fraction of sp³-hybridized carbons (Fsp3) is 0.348. The molecule has 1 aliphatic rings. The van der Waals surface area contributed by atoms with Crippen LogP contribution in [0.3, 0.4) is 0 Å². The maximum absolute atomic E-state index is 10.4. The van der Waals surface area contributed by atoms with Crippen LogP contribution in [0.2, 0.25) is 0 Å². The van der Waals surface area contributed by atoms with Crippen LogP contribution in [0.4, 0.5) is 0 Å². The van der Waals surface area contributed by atoms with Crippen molar-refractivity contribution in [2.24, 2.45) is 0 Å². The van der Waals surface area contributed by atoms with Crippen molar-refractivity contribution in [2.45, 2.75) is 25.3 Å². The van der Waals surface area contributed by atoms with Crippen molar-refractivity contribution in [2.75, 3.05) is 27.3 Å². The first-order chi connectivity index (χ1) is 15.1. The minimum Gasteiger partial charge on any atom is -0.496 e. The number of ether oxygens (including phenoxy) is 2. The van der Waals surface area contributed by atoms with Gasteiger partial charge in [0.2, 0.25) is 5.65 Å². The predicted octanol–water partition coefficient (Wildman–Crippen LogP) is 3.06. The van der Waals surface area contributed by atoms with Crippen molar-refractivity contribution in [1.29, 1.82) is 0 Å². The summed E-state index contributed by atoms with van der Waals surface area (Å²) in [7, 11) is 3.76. The molecule has 4 aromatic rings. The summed E-state index contributed by atoms with van der Waals surface area (Å²) in [5.74, 6) is 0.605. The fourth-order valence-corrected chi connectivity index (χ4v) is 4.31. The van der Waals surface area contributed by atoms with Crippen molar-refractivity contribution in [3.8, 4) is 17.6 Å². The highest BCUT2D eigenvalue weighted by Gasteiger charge is 2.22. The summed E-state index contributed by atoms with van der Waals surface area (Å²) >= 11 is 0. The number of methoxy groups -OCH3 is 1. The summed E-state index contributed by atoms with van der Waals surface area (Å²) in [5.41, 5.74) is 2.15. The van der Waals surface area contributed by atoms with Crippen molar-refractivity contribution in [1.82, 2.24) is 24.5 Å². The number of imidazole rings is 1. The Balaban J connectivity index is 1.50. The molecule has 2 aromatic heterocycles. The van der Waals surface area contributed by atoms with Gasteiger partial charge < -0.3 is 19.5 Å². The highest BCUT2D eigenvalue weighted by molar-refractivity contribution is 5.88. The quantitative estimate of drug-likeness (QED) is 0.514. The van der Waals surface area contributed by atoms with Crippen molar-refractivity contribution in [3.63, 3.8) is 0 Å². The average molecular weight is 419 g/mol. The lowest BCUT2D eigenvalue weighted by atomic mass is 10.00. The number of likely N-dealkylation sites (N-methyl/N-ethyl adjacent to an activating group) is 1. The van der Waals surface area contributed by atoms with Gasteiger partial charge in [0, 0.05) is 18.0 Å². The van der Waals surface area contributed by atoms with E-state index in [9.17, 15) is 5.11 Å². The van der Waals surface area contributed by atoms with Gasteiger partial charge in [0.05, 0.1) is 19.0 Å². The molecule has 0 spiro atoms. The van der Waals surface area contributed by atoms with Crippen LogP contribution in [0.15, 0.2) is 42.6 Å². The number of rotatable bonds is 6. The van der Waals surface area contributed by atoms with Gasteiger partial charge in [0.15, 0.2) is 0 Å². The predicted molar refractivity (Wildman–Crippen MR) is 117 cm³/mol. The van der Waals surface area contributed by atoms with Gasteiger partial charge in [-0.3, -0.25) is 0 Å². The van der Waals surface area contributed by atoms with Crippen LogP contribution in [0, 0.1) is 0 Å². The molecule has 1 saturated heterocycles. The molecule has 1 fully saturated rings. The van der Waals surface area contributed by atoms with Crippen LogP contribution in [0.1, 0.15) is 24.1 Å². The topological polar surface area (TPSA) is 85.0 Å². The van der Waals surface area contributed by atoms with Gasteiger partial charge in [-0.1, -0.05) is 30.3 Å². The molecule has 0 radical (unpaired) electrons. The zero-order chi connectivity index (χ0) is 21.4. The number of hydrogen-bond acceptors (Lipinski definition) is 7. The zero-order valence-corrected chi connectivity index (χ0v) is 17.7. The number of fused-ring (bicyclic) bond motifs is 2. The molecule has 0 unspecified atom stereocenters. The SMILES string of the molecule is COc1ccc2ccccc2c1Cc1cnc2c(O)nc(OC[C@@H]3CCCN3C)nn12. The third kappa shape index (κ3) is 3.63. The second-order valence-electron chi connectivity index (χ2n) is 7.93. The van der Waals surface area contributed by atoms with Gasteiger partial charge in [0.25, 0.3) is 5.88 Å². The van der Waals surface area contributed by atoms with Crippen LogP contribution in [-0.4, -0.2) is 62.9 Å². The number of benzene rings is 2. The van der Waals surface area contributed by atoms with Crippen LogP contribution in [0.5, 0.6) is 17.6 Å². The van der Waals surface area contributed by atoms with Crippen LogP contribution < -0.4 is 9.47 Å². The van der Waals surface area contributed by atoms with Crippen molar-refractivity contribution in [3.05, 3.63) is 53.9 Å². The van der Waals surface area contributed by atoms with E-state index in [1.165, 1.54) is 0 Å². The Morgan fingerprint density at radius 3 is 2.87 bits per heavy atom. The Morgan fingerprint density at radius 1 is 1.19 bits per heavy atom. The molecule has 31 heavy (non-hydrogen) atoms. The molecular weight excluding hydrogens is 394 g/mol. The maximum atomic E-state index is 10.4. The largest absolute Gasteiger partial charge is 0.496 e. The van der Waals surface area contributed by atoms with Crippen LogP contribution in [-0.2, 0) is 6.42 Å². The number of hydrogen-bond donors (Lipinski definition) is 1. The summed E-state index contributed by atoms with van der Waals surface area (Å²) in [6, 6.07) is 12.7. The van der Waals surface area contributed by atoms with E-state index in [0.29, 0.717) is 24.7 Å². The zero-order valence-electron chi connectivity index (χ0n) is 17.7. The number of aromatic nitrogens is 4. The average Bonchev–Trinajstić information content (AvgIpc) is 3.38. The van der Waals surface area contributed by atoms with E-state index in [2.05, 4.69) is 39.1 Å². The van der Waals surface area contributed by atoms with E-state index in [1.54, 1.807) is 17.8 Å². The second-order valence-corrected chi connectivity index (χ2v) is 7.93.